The molecule has 1 saturated heterocycles. The fourth-order valence-corrected chi connectivity index (χ4v) is 3.55. The van der Waals surface area contributed by atoms with Crippen LogP contribution in [0.1, 0.15) is 15.9 Å². The van der Waals surface area contributed by atoms with Crippen LogP contribution in [0.4, 0.5) is 4.39 Å². The second kappa shape index (κ2) is 9.43. The van der Waals surface area contributed by atoms with Gasteiger partial charge in [0.25, 0.3) is 5.91 Å². The molecule has 31 heavy (non-hydrogen) atoms. The Bertz CT molecular complexity index is 1050. The third kappa shape index (κ3) is 5.28. The summed E-state index contributed by atoms with van der Waals surface area (Å²) in [6, 6.07) is 22.5. The van der Waals surface area contributed by atoms with Gasteiger partial charge in [0.2, 0.25) is 5.91 Å². The fraction of sp³-hybridized carbons (Fsp3) is 0.200. The van der Waals surface area contributed by atoms with E-state index in [4.69, 9.17) is 4.74 Å². The number of carbonyl (C=O) groups is 2. The first-order valence-electron chi connectivity index (χ1n) is 10.2. The number of ether oxygens (including phenoxy) is 1. The fourth-order valence-electron chi connectivity index (χ4n) is 3.55. The van der Waals surface area contributed by atoms with Crippen molar-refractivity contribution in [3.63, 3.8) is 0 Å². The molecule has 0 bridgehead atoms. The lowest BCUT2D eigenvalue weighted by Crippen LogP contribution is -2.51. The molecule has 2 amide bonds. The van der Waals surface area contributed by atoms with E-state index in [1.54, 1.807) is 40.1 Å². The highest BCUT2D eigenvalue weighted by Crippen LogP contribution is 2.22. The van der Waals surface area contributed by atoms with E-state index >= 15 is 0 Å². The summed E-state index contributed by atoms with van der Waals surface area (Å²) < 4.78 is 18.9. The first-order chi connectivity index (χ1) is 15.1. The average molecular weight is 418 g/mol. The molecule has 0 unspecified atom stereocenters. The van der Waals surface area contributed by atoms with E-state index in [1.807, 2.05) is 36.4 Å². The van der Waals surface area contributed by atoms with E-state index in [1.165, 1.54) is 12.1 Å². The van der Waals surface area contributed by atoms with Crippen molar-refractivity contribution in [2.45, 2.75) is 6.42 Å². The molecular weight excluding hydrogens is 395 g/mol. The number of benzene rings is 3. The normalized spacial score (nSPS) is 13.7. The van der Waals surface area contributed by atoms with Crippen LogP contribution in [-0.4, -0.2) is 47.8 Å². The molecule has 1 heterocycles. The molecule has 158 valence electrons. The maximum atomic E-state index is 13.0. The molecule has 0 aliphatic carbocycles. The third-order valence-electron chi connectivity index (χ3n) is 5.25. The van der Waals surface area contributed by atoms with Crippen LogP contribution in [0.15, 0.2) is 78.9 Å². The zero-order valence-corrected chi connectivity index (χ0v) is 17.0. The summed E-state index contributed by atoms with van der Waals surface area (Å²) in [5, 5.41) is 0. The van der Waals surface area contributed by atoms with Gasteiger partial charge in [-0.05, 0) is 48.0 Å². The van der Waals surface area contributed by atoms with Crippen LogP contribution in [0.25, 0.3) is 0 Å². The van der Waals surface area contributed by atoms with Crippen LogP contribution < -0.4 is 4.74 Å². The number of amides is 2. The van der Waals surface area contributed by atoms with Crippen LogP contribution in [0, 0.1) is 5.82 Å². The maximum Gasteiger partial charge on any atom is 0.254 e. The van der Waals surface area contributed by atoms with Gasteiger partial charge in [-0.1, -0.05) is 36.4 Å². The molecule has 5 nitrogen and oxygen atoms in total. The van der Waals surface area contributed by atoms with Gasteiger partial charge >= 0.3 is 0 Å². The van der Waals surface area contributed by atoms with Gasteiger partial charge in [-0.2, -0.15) is 0 Å². The van der Waals surface area contributed by atoms with E-state index < -0.39 is 0 Å². The van der Waals surface area contributed by atoms with Gasteiger partial charge in [-0.3, -0.25) is 9.59 Å². The monoisotopic (exact) mass is 418 g/mol. The summed E-state index contributed by atoms with van der Waals surface area (Å²) in [4.78, 5) is 29.0. The van der Waals surface area contributed by atoms with E-state index in [0.29, 0.717) is 43.2 Å². The van der Waals surface area contributed by atoms with Gasteiger partial charge in [0.15, 0.2) is 0 Å². The van der Waals surface area contributed by atoms with E-state index in [9.17, 15) is 14.0 Å². The van der Waals surface area contributed by atoms with Gasteiger partial charge in [0, 0.05) is 31.7 Å². The van der Waals surface area contributed by atoms with E-state index in [2.05, 4.69) is 0 Å². The predicted octanol–water partition coefficient (Wildman–Crippen LogP) is 4.15. The van der Waals surface area contributed by atoms with Crippen molar-refractivity contribution in [2.75, 3.05) is 26.2 Å². The van der Waals surface area contributed by atoms with Crippen LogP contribution >= 0.6 is 0 Å². The van der Waals surface area contributed by atoms with Crippen molar-refractivity contribution in [3.05, 3.63) is 95.8 Å². The van der Waals surface area contributed by atoms with Crippen molar-refractivity contribution in [1.82, 2.24) is 9.80 Å². The minimum atomic E-state index is -0.318. The summed E-state index contributed by atoms with van der Waals surface area (Å²) in [5.74, 6) is 0.896. The highest BCUT2D eigenvalue weighted by atomic mass is 19.1. The minimum Gasteiger partial charge on any atom is -0.457 e. The summed E-state index contributed by atoms with van der Waals surface area (Å²) in [6.07, 6.45) is 0.229. The van der Waals surface area contributed by atoms with Crippen molar-refractivity contribution >= 4 is 11.8 Å². The van der Waals surface area contributed by atoms with E-state index in [-0.39, 0.29) is 24.1 Å². The number of carbonyl (C=O) groups excluding carboxylic acids is 2. The van der Waals surface area contributed by atoms with Gasteiger partial charge < -0.3 is 14.5 Å². The molecule has 1 aliphatic heterocycles. The largest absolute Gasteiger partial charge is 0.457 e. The van der Waals surface area contributed by atoms with E-state index in [0.717, 1.165) is 5.56 Å². The van der Waals surface area contributed by atoms with Crippen molar-refractivity contribution < 1.29 is 18.7 Å². The summed E-state index contributed by atoms with van der Waals surface area (Å²) in [7, 11) is 0. The molecule has 3 aromatic carbocycles. The van der Waals surface area contributed by atoms with Gasteiger partial charge in [0.1, 0.15) is 17.3 Å². The third-order valence-corrected chi connectivity index (χ3v) is 5.25. The molecule has 3 aromatic rings. The first-order valence-corrected chi connectivity index (χ1v) is 10.2. The Hall–Kier alpha value is -3.67. The van der Waals surface area contributed by atoms with Crippen molar-refractivity contribution in [3.8, 4) is 11.5 Å². The number of rotatable bonds is 5. The highest BCUT2D eigenvalue weighted by molar-refractivity contribution is 5.94. The molecule has 0 spiro atoms. The number of nitrogens with zero attached hydrogens (tertiary/aromatic N) is 2. The summed E-state index contributed by atoms with van der Waals surface area (Å²) in [6.45, 7) is 1.90. The SMILES string of the molecule is O=C(Cc1ccc(F)cc1)N1CCN(C(=O)c2cccc(Oc3ccccc3)c2)CC1. The summed E-state index contributed by atoms with van der Waals surface area (Å²) in [5.41, 5.74) is 1.33. The van der Waals surface area contributed by atoms with Crippen LogP contribution in [0.3, 0.4) is 0 Å². The van der Waals surface area contributed by atoms with Gasteiger partial charge in [-0.25, -0.2) is 4.39 Å². The Morgan fingerprint density at radius 2 is 1.42 bits per heavy atom. The lowest BCUT2D eigenvalue weighted by molar-refractivity contribution is -0.131. The lowest BCUT2D eigenvalue weighted by atomic mass is 10.1. The van der Waals surface area contributed by atoms with Crippen LogP contribution in [-0.2, 0) is 11.2 Å². The second-order valence-electron chi connectivity index (χ2n) is 7.42. The topological polar surface area (TPSA) is 49.9 Å². The minimum absolute atomic E-state index is 0.0167. The zero-order valence-electron chi connectivity index (χ0n) is 17.0. The smallest absolute Gasteiger partial charge is 0.254 e. The average Bonchev–Trinajstić information content (AvgIpc) is 2.81. The number of hydrogen-bond donors (Lipinski definition) is 0. The Labute approximate surface area is 180 Å². The number of para-hydroxylation sites is 1. The lowest BCUT2D eigenvalue weighted by Gasteiger charge is -2.35. The quantitative estimate of drug-likeness (QED) is 0.626. The molecule has 1 fully saturated rings. The number of hydrogen-bond acceptors (Lipinski definition) is 3. The molecular formula is C25H23FN2O3. The molecule has 4 rings (SSSR count). The Morgan fingerprint density at radius 3 is 2.13 bits per heavy atom. The number of halogens is 1. The molecule has 0 saturated carbocycles. The number of piperazine rings is 1. The molecule has 1 aliphatic rings. The van der Waals surface area contributed by atoms with Gasteiger partial charge in [-0.15, -0.1) is 0 Å². The molecule has 0 radical (unpaired) electrons. The Balaban J connectivity index is 1.33. The molecule has 0 N–H and O–H groups in total. The van der Waals surface area contributed by atoms with Crippen LogP contribution in [0.5, 0.6) is 11.5 Å². The molecule has 6 heteroatoms. The van der Waals surface area contributed by atoms with Gasteiger partial charge in [0.05, 0.1) is 6.42 Å². The molecule has 0 atom stereocenters. The molecule has 0 aromatic heterocycles. The maximum absolute atomic E-state index is 13.0. The zero-order chi connectivity index (χ0) is 21.6. The first kappa shape index (κ1) is 20.6. The standard InChI is InChI=1S/C25H23FN2O3/c26-21-11-9-19(10-12-21)17-24(29)27-13-15-28(16-14-27)25(30)20-5-4-8-23(18-20)31-22-6-2-1-3-7-22/h1-12,18H,13-17H2. The Kier molecular flexibility index (Phi) is 6.26. The predicted molar refractivity (Wildman–Crippen MR) is 116 cm³/mol. The van der Waals surface area contributed by atoms with Crippen molar-refractivity contribution in [1.29, 1.82) is 0 Å². The van der Waals surface area contributed by atoms with Crippen LogP contribution in [0.2, 0.25) is 0 Å². The van der Waals surface area contributed by atoms with Crippen molar-refractivity contribution in [2.24, 2.45) is 0 Å². The Morgan fingerprint density at radius 1 is 0.774 bits per heavy atom. The second-order valence-corrected chi connectivity index (χ2v) is 7.42. The highest BCUT2D eigenvalue weighted by Gasteiger charge is 2.25. The summed E-state index contributed by atoms with van der Waals surface area (Å²) >= 11 is 0.